The van der Waals surface area contributed by atoms with Crippen LogP contribution in [0.25, 0.3) is 49.9 Å². The van der Waals surface area contributed by atoms with Crippen molar-refractivity contribution in [1.29, 1.82) is 0 Å². The lowest BCUT2D eigenvalue weighted by molar-refractivity contribution is 0.582. The fourth-order valence-electron chi connectivity index (χ4n) is 8.97. The predicted molar refractivity (Wildman–Crippen MR) is 267 cm³/mol. The first-order valence-corrected chi connectivity index (χ1v) is 21.5. The Morgan fingerprint density at radius 2 is 1.08 bits per heavy atom. The molecular weight excluding hydrogens is 765 g/mol. The molecule has 7 aromatic carbocycles. The Kier molecular flexibility index (Phi) is 7.27. The van der Waals surface area contributed by atoms with Crippen LogP contribution in [0.2, 0.25) is 0 Å². The molecule has 4 heteroatoms. The zero-order chi connectivity index (χ0) is 52.4. The number of para-hydroxylation sites is 4. The zero-order valence-corrected chi connectivity index (χ0v) is 37.0. The summed E-state index contributed by atoms with van der Waals surface area (Å²) in [5.41, 5.74) is 8.76. The molecule has 0 radical (unpaired) electrons. The van der Waals surface area contributed by atoms with E-state index in [0.29, 0.717) is 11.4 Å². The average molecular weight is 831 g/mol. The van der Waals surface area contributed by atoms with Crippen molar-refractivity contribution in [3.8, 4) is 28.1 Å². The molecule has 3 heterocycles. The summed E-state index contributed by atoms with van der Waals surface area (Å²) >= 11 is 0. The third-order valence-electron chi connectivity index (χ3n) is 12.6. The second-order valence-electron chi connectivity index (χ2n) is 19.1. The summed E-state index contributed by atoms with van der Waals surface area (Å²) in [6.07, 6.45) is 1.90. The van der Waals surface area contributed by atoms with Gasteiger partial charge < -0.3 is 9.80 Å². The van der Waals surface area contributed by atoms with Crippen LogP contribution in [0.1, 0.15) is 91.4 Å². The van der Waals surface area contributed by atoms with Crippen LogP contribution in [0.15, 0.2) is 182 Å². The third-order valence-corrected chi connectivity index (χ3v) is 12.6. The molecule has 0 fully saturated rings. The first-order chi connectivity index (χ1) is 34.4. The Morgan fingerprint density at radius 3 is 1.73 bits per heavy atom. The summed E-state index contributed by atoms with van der Waals surface area (Å²) in [6, 6.07) is 34.1. The molecule has 312 valence electrons. The Morgan fingerprint density at radius 1 is 0.492 bits per heavy atom. The fourth-order valence-corrected chi connectivity index (χ4v) is 8.97. The van der Waals surface area contributed by atoms with Crippen LogP contribution in [0.5, 0.6) is 0 Å². The topological polar surface area (TPSA) is 24.3 Å². The van der Waals surface area contributed by atoms with Crippen molar-refractivity contribution >= 4 is 44.6 Å². The van der Waals surface area contributed by atoms with Crippen LogP contribution in [0.3, 0.4) is 0 Å². The van der Waals surface area contributed by atoms with E-state index in [0.717, 1.165) is 55.7 Å². The molecule has 2 aromatic heterocycles. The van der Waals surface area contributed by atoms with Gasteiger partial charge in [-0.3, -0.25) is 4.57 Å². The summed E-state index contributed by atoms with van der Waals surface area (Å²) in [7, 11) is 0. The van der Waals surface area contributed by atoms with E-state index < -0.39 is 65.8 Å². The van der Waals surface area contributed by atoms with Crippen LogP contribution in [0.4, 0.5) is 22.7 Å². The van der Waals surface area contributed by atoms with Gasteiger partial charge >= 0.3 is 0 Å². The molecule has 10 rings (SSSR count). The van der Waals surface area contributed by atoms with Crippen molar-refractivity contribution in [2.45, 2.75) is 71.6 Å². The number of pyridine rings is 1. The minimum Gasteiger partial charge on any atom is -0.321 e. The molecule has 0 spiro atoms. The van der Waals surface area contributed by atoms with E-state index >= 15 is 0 Å². The molecular formula is C59H56N4. The van der Waals surface area contributed by atoms with Gasteiger partial charge in [-0.05, 0) is 92.7 Å². The molecule has 63 heavy (non-hydrogen) atoms. The molecule has 0 saturated carbocycles. The van der Waals surface area contributed by atoms with Gasteiger partial charge in [0.25, 0.3) is 0 Å². The standard InChI is InChI=1S/C59H56N4/c1-57(2,3)42-32-33-60-55(38-42)63-51-27-16-15-24-49(51)50-31-30-43(37-54(50)63)59(7,8)45-34-44(58(4,5)6)35-46(36-45)61-39-62(53-29-18-17-28-52(53)61)56-47(40-20-11-9-12-21-40)25-19-26-48(56)41-22-13-10-14-23-41/h9-38H,39H2,1-8H3/i9D,10D,11D,12D,13D,14D,20D,21D,22D,23D. The summed E-state index contributed by atoms with van der Waals surface area (Å²) < 4.78 is 90.4. The normalized spacial score (nSPS) is 15.5. The molecule has 4 nitrogen and oxygen atoms in total. The van der Waals surface area contributed by atoms with Gasteiger partial charge in [-0.1, -0.05) is 183 Å². The lowest BCUT2D eigenvalue weighted by atomic mass is 9.75. The number of benzene rings is 7. The average Bonchev–Trinajstić information content (AvgIpc) is 3.92. The highest BCUT2D eigenvalue weighted by Crippen LogP contribution is 2.51. The number of rotatable bonds is 7. The van der Waals surface area contributed by atoms with Crippen molar-refractivity contribution in [1.82, 2.24) is 9.55 Å². The third kappa shape index (κ3) is 7.08. The van der Waals surface area contributed by atoms with Crippen molar-refractivity contribution in [2.75, 3.05) is 16.5 Å². The number of hydrogen-bond acceptors (Lipinski definition) is 3. The van der Waals surface area contributed by atoms with Gasteiger partial charge in [0.05, 0.1) is 41.8 Å². The molecule has 0 aliphatic carbocycles. The van der Waals surface area contributed by atoms with Crippen LogP contribution >= 0.6 is 0 Å². The van der Waals surface area contributed by atoms with E-state index in [1.54, 1.807) is 18.2 Å². The molecule has 1 aliphatic rings. The van der Waals surface area contributed by atoms with Gasteiger partial charge in [-0.25, -0.2) is 4.98 Å². The minimum absolute atomic E-state index is 0.0707. The monoisotopic (exact) mass is 831 g/mol. The van der Waals surface area contributed by atoms with Gasteiger partial charge in [-0.2, -0.15) is 0 Å². The molecule has 1 aliphatic heterocycles. The van der Waals surface area contributed by atoms with Gasteiger partial charge in [0.1, 0.15) is 12.5 Å². The van der Waals surface area contributed by atoms with Gasteiger partial charge in [-0.15, -0.1) is 0 Å². The lowest BCUT2D eigenvalue weighted by Gasteiger charge is -2.32. The van der Waals surface area contributed by atoms with E-state index in [1.165, 1.54) is 5.56 Å². The number of aromatic nitrogens is 2. The van der Waals surface area contributed by atoms with Crippen molar-refractivity contribution in [3.05, 3.63) is 204 Å². The molecule has 0 saturated heterocycles. The quantitative estimate of drug-likeness (QED) is 0.160. The van der Waals surface area contributed by atoms with Crippen molar-refractivity contribution in [2.24, 2.45) is 0 Å². The SMILES string of the molecule is [2H]c1c([2H])c([2H])c(-c2cccc(-c3c([2H])c([2H])c([2H])c([2H])c3[2H])c2N2CN(c3cc(C(C)(C)C)cc(C(C)(C)c4ccc5c6ccccc6n(-c6cc(C(C)(C)C)ccn6)c5c4)c3)c3ccccc32)c([2H])c1[2H]. The van der Waals surface area contributed by atoms with Gasteiger partial charge in [0, 0.05) is 39.2 Å². The maximum atomic E-state index is 9.14. The van der Waals surface area contributed by atoms with Crippen molar-refractivity contribution in [3.63, 3.8) is 0 Å². The molecule has 0 bridgehead atoms. The first kappa shape index (κ1) is 30.2. The van der Waals surface area contributed by atoms with Crippen LogP contribution in [-0.2, 0) is 16.2 Å². The summed E-state index contributed by atoms with van der Waals surface area (Å²) in [4.78, 5) is 9.09. The summed E-state index contributed by atoms with van der Waals surface area (Å²) in [5, 5.41) is 2.27. The Hall–Kier alpha value is -6.91. The van der Waals surface area contributed by atoms with E-state index in [9.17, 15) is 0 Å². The van der Waals surface area contributed by atoms with Crippen LogP contribution in [-0.4, -0.2) is 16.2 Å². The second kappa shape index (κ2) is 15.2. The highest BCUT2D eigenvalue weighted by Gasteiger charge is 2.34. The fraction of sp³-hybridized carbons (Fsp3) is 0.203. The molecule has 0 atom stereocenters. The van der Waals surface area contributed by atoms with E-state index in [2.05, 4.69) is 138 Å². The molecule has 0 unspecified atom stereocenters. The van der Waals surface area contributed by atoms with Crippen LogP contribution in [0, 0.1) is 0 Å². The molecule has 0 N–H and O–H groups in total. The largest absolute Gasteiger partial charge is 0.321 e. The van der Waals surface area contributed by atoms with Gasteiger partial charge in [0.15, 0.2) is 0 Å². The number of nitrogens with zero attached hydrogens (tertiary/aromatic N) is 4. The van der Waals surface area contributed by atoms with Crippen molar-refractivity contribution < 1.29 is 13.7 Å². The maximum absolute atomic E-state index is 9.14. The summed E-state index contributed by atoms with van der Waals surface area (Å²) in [5.74, 6) is 0.853. The highest BCUT2D eigenvalue weighted by atomic mass is 15.4. The van der Waals surface area contributed by atoms with Crippen LogP contribution < -0.4 is 9.80 Å². The highest BCUT2D eigenvalue weighted by molar-refractivity contribution is 6.09. The number of anilines is 4. The number of hydrogen-bond donors (Lipinski definition) is 0. The number of fused-ring (bicyclic) bond motifs is 4. The van der Waals surface area contributed by atoms with E-state index in [4.69, 9.17) is 18.7 Å². The smallest absolute Gasteiger partial charge is 0.137 e. The second-order valence-corrected chi connectivity index (χ2v) is 19.1. The minimum atomic E-state index is -0.549. The Balaban J connectivity index is 1.17. The lowest BCUT2D eigenvalue weighted by Crippen LogP contribution is -2.27. The predicted octanol–water partition coefficient (Wildman–Crippen LogP) is 15.7. The summed E-state index contributed by atoms with van der Waals surface area (Å²) in [6.45, 7) is 17.9. The van der Waals surface area contributed by atoms with Gasteiger partial charge in [0.2, 0.25) is 0 Å². The van der Waals surface area contributed by atoms with E-state index in [-0.39, 0.29) is 39.8 Å². The Bertz CT molecular complexity index is 3610. The maximum Gasteiger partial charge on any atom is 0.137 e. The Labute approximate surface area is 387 Å². The molecule has 0 amide bonds. The molecule has 9 aromatic rings. The first-order valence-electron chi connectivity index (χ1n) is 26.5. The zero-order valence-electron chi connectivity index (χ0n) is 47.0. The van der Waals surface area contributed by atoms with E-state index in [1.807, 2.05) is 35.4 Å².